The average molecular weight is 238 g/mol. The van der Waals surface area contributed by atoms with Crippen molar-refractivity contribution in [2.45, 2.75) is 12.6 Å². The normalized spacial score (nSPS) is 23.9. The molecular formula is C11H18N4O2. The number of nitrogens with zero attached hydrogens (tertiary/aromatic N) is 2. The molecular weight excluding hydrogens is 220 g/mol. The summed E-state index contributed by atoms with van der Waals surface area (Å²) in [5, 5.41) is 10.2. The zero-order valence-corrected chi connectivity index (χ0v) is 10.1. The predicted molar refractivity (Wildman–Crippen MR) is 62.2 cm³/mol. The van der Waals surface area contributed by atoms with Gasteiger partial charge in [-0.2, -0.15) is 5.10 Å². The maximum absolute atomic E-state index is 11.9. The Kier molecular flexibility index (Phi) is 3.75. The van der Waals surface area contributed by atoms with E-state index in [2.05, 4.69) is 15.7 Å². The Balaban J connectivity index is 1.84. The number of likely N-dealkylation sites (N-methyl/N-ethyl adjacent to an activating group) is 1. The maximum atomic E-state index is 11.9. The highest BCUT2D eigenvalue weighted by atomic mass is 16.5. The monoisotopic (exact) mass is 238 g/mol. The highest BCUT2D eigenvalue weighted by Gasteiger charge is 2.32. The summed E-state index contributed by atoms with van der Waals surface area (Å²) >= 11 is 0. The smallest absolute Gasteiger partial charge is 0.227 e. The second kappa shape index (κ2) is 5.29. The van der Waals surface area contributed by atoms with Crippen LogP contribution in [0, 0.1) is 5.92 Å². The minimum atomic E-state index is -0.108. The number of amides is 1. The zero-order chi connectivity index (χ0) is 12.3. The average Bonchev–Trinajstić information content (AvgIpc) is 2.94. The molecule has 1 saturated heterocycles. The van der Waals surface area contributed by atoms with Gasteiger partial charge in [-0.25, -0.2) is 0 Å². The highest BCUT2D eigenvalue weighted by molar-refractivity contribution is 5.79. The van der Waals surface area contributed by atoms with Gasteiger partial charge >= 0.3 is 0 Å². The first-order valence-corrected chi connectivity index (χ1v) is 5.72. The van der Waals surface area contributed by atoms with Crippen molar-refractivity contribution >= 4 is 5.91 Å². The molecule has 2 rings (SSSR count). The molecule has 1 aliphatic rings. The number of hydrogen-bond donors (Lipinski definition) is 2. The van der Waals surface area contributed by atoms with Crippen LogP contribution < -0.4 is 10.6 Å². The van der Waals surface area contributed by atoms with Crippen LogP contribution in [0.25, 0.3) is 0 Å². The Morgan fingerprint density at radius 1 is 1.65 bits per heavy atom. The number of aromatic nitrogens is 2. The highest BCUT2D eigenvalue weighted by Crippen LogP contribution is 2.13. The molecule has 6 nitrogen and oxygen atoms in total. The van der Waals surface area contributed by atoms with Crippen LogP contribution >= 0.6 is 0 Å². The minimum Gasteiger partial charge on any atom is -0.379 e. The van der Waals surface area contributed by atoms with E-state index in [1.165, 1.54) is 0 Å². The number of nitrogens with one attached hydrogen (secondary N) is 2. The van der Waals surface area contributed by atoms with Crippen LogP contribution in [0.5, 0.6) is 0 Å². The van der Waals surface area contributed by atoms with Crippen molar-refractivity contribution in [2.75, 3.05) is 20.3 Å². The lowest BCUT2D eigenvalue weighted by Gasteiger charge is -2.15. The van der Waals surface area contributed by atoms with Crippen molar-refractivity contribution in [1.82, 2.24) is 20.4 Å². The van der Waals surface area contributed by atoms with Gasteiger partial charge in [-0.05, 0) is 13.1 Å². The van der Waals surface area contributed by atoms with E-state index in [4.69, 9.17) is 4.74 Å². The van der Waals surface area contributed by atoms with E-state index in [0.717, 1.165) is 5.69 Å². The van der Waals surface area contributed by atoms with Crippen molar-refractivity contribution in [3.05, 3.63) is 18.0 Å². The van der Waals surface area contributed by atoms with Crippen LogP contribution in [0.3, 0.4) is 0 Å². The van der Waals surface area contributed by atoms with Crippen LogP contribution in [0.4, 0.5) is 0 Å². The fourth-order valence-electron chi connectivity index (χ4n) is 1.96. The van der Waals surface area contributed by atoms with Gasteiger partial charge in [0.1, 0.15) is 0 Å². The molecule has 2 heterocycles. The van der Waals surface area contributed by atoms with E-state index >= 15 is 0 Å². The molecule has 0 aliphatic carbocycles. The Labute approximate surface area is 100 Å². The molecule has 0 aromatic carbocycles. The van der Waals surface area contributed by atoms with Crippen molar-refractivity contribution in [3.63, 3.8) is 0 Å². The maximum Gasteiger partial charge on any atom is 0.227 e. The van der Waals surface area contributed by atoms with Crippen LogP contribution in [0.2, 0.25) is 0 Å². The lowest BCUT2D eigenvalue weighted by Crippen LogP contribution is -2.42. The predicted octanol–water partition coefficient (Wildman–Crippen LogP) is -0.729. The van der Waals surface area contributed by atoms with Gasteiger partial charge in [-0.1, -0.05) is 0 Å². The first-order chi connectivity index (χ1) is 8.20. The van der Waals surface area contributed by atoms with Gasteiger partial charge in [0.15, 0.2) is 0 Å². The summed E-state index contributed by atoms with van der Waals surface area (Å²) in [4.78, 5) is 11.9. The molecule has 0 bridgehead atoms. The van der Waals surface area contributed by atoms with Crippen LogP contribution in [0.15, 0.2) is 12.3 Å². The topological polar surface area (TPSA) is 68.2 Å². The Bertz CT molecular complexity index is 391. The second-order valence-corrected chi connectivity index (χ2v) is 4.24. The van der Waals surface area contributed by atoms with Crippen molar-refractivity contribution < 1.29 is 9.53 Å². The number of aryl methyl sites for hydroxylation is 1. The fraction of sp³-hybridized carbons (Fsp3) is 0.636. The summed E-state index contributed by atoms with van der Waals surface area (Å²) in [6.45, 7) is 1.55. The molecule has 1 fully saturated rings. The summed E-state index contributed by atoms with van der Waals surface area (Å²) in [5.41, 5.74) is 0.862. The van der Waals surface area contributed by atoms with Gasteiger partial charge in [0.05, 0.1) is 31.4 Å². The van der Waals surface area contributed by atoms with Crippen molar-refractivity contribution in [3.8, 4) is 0 Å². The first kappa shape index (κ1) is 12.1. The van der Waals surface area contributed by atoms with E-state index in [-0.39, 0.29) is 17.9 Å². The third-order valence-corrected chi connectivity index (χ3v) is 3.00. The molecule has 1 aromatic rings. The molecule has 2 unspecified atom stereocenters. The van der Waals surface area contributed by atoms with Gasteiger partial charge in [0.25, 0.3) is 0 Å². The quantitative estimate of drug-likeness (QED) is 0.726. The molecule has 94 valence electrons. The minimum absolute atomic E-state index is 0.0208. The number of carbonyl (C=O) groups excluding carboxylic acids is 1. The van der Waals surface area contributed by atoms with Gasteiger partial charge in [-0.3, -0.25) is 9.48 Å². The van der Waals surface area contributed by atoms with Crippen LogP contribution in [-0.4, -0.2) is 42.0 Å². The molecule has 2 N–H and O–H groups in total. The molecule has 2 atom stereocenters. The number of hydrogen-bond acceptors (Lipinski definition) is 4. The number of rotatable bonds is 4. The van der Waals surface area contributed by atoms with Gasteiger partial charge in [-0.15, -0.1) is 0 Å². The second-order valence-electron chi connectivity index (χ2n) is 4.24. The lowest BCUT2D eigenvalue weighted by atomic mass is 10.0. The van der Waals surface area contributed by atoms with Crippen molar-refractivity contribution in [1.29, 1.82) is 0 Å². The van der Waals surface area contributed by atoms with E-state index in [1.54, 1.807) is 4.68 Å². The molecule has 0 spiro atoms. The van der Waals surface area contributed by atoms with E-state index in [1.807, 2.05) is 26.4 Å². The molecule has 0 radical (unpaired) electrons. The third kappa shape index (κ3) is 2.83. The summed E-state index contributed by atoms with van der Waals surface area (Å²) in [7, 11) is 3.70. The van der Waals surface area contributed by atoms with Gasteiger partial charge in [0.2, 0.25) is 5.91 Å². The van der Waals surface area contributed by atoms with Gasteiger partial charge < -0.3 is 15.4 Å². The Hall–Kier alpha value is -1.40. The molecule has 6 heteroatoms. The molecule has 1 aliphatic heterocycles. The Morgan fingerprint density at radius 2 is 2.47 bits per heavy atom. The van der Waals surface area contributed by atoms with E-state index < -0.39 is 0 Å². The number of ether oxygens (including phenoxy) is 1. The first-order valence-electron chi connectivity index (χ1n) is 5.72. The fourth-order valence-corrected chi connectivity index (χ4v) is 1.96. The van der Waals surface area contributed by atoms with Crippen LogP contribution in [0.1, 0.15) is 5.69 Å². The molecule has 17 heavy (non-hydrogen) atoms. The van der Waals surface area contributed by atoms with E-state index in [0.29, 0.717) is 19.8 Å². The van der Waals surface area contributed by atoms with Gasteiger partial charge in [0, 0.05) is 19.3 Å². The molecule has 1 aromatic heterocycles. The molecule has 0 saturated carbocycles. The summed E-state index contributed by atoms with van der Waals surface area (Å²) in [5.74, 6) is -0.0868. The summed E-state index contributed by atoms with van der Waals surface area (Å²) < 4.78 is 7.01. The lowest BCUT2D eigenvalue weighted by molar-refractivity contribution is -0.125. The van der Waals surface area contributed by atoms with Crippen LogP contribution in [-0.2, 0) is 23.1 Å². The van der Waals surface area contributed by atoms with Crippen molar-refractivity contribution in [2.24, 2.45) is 13.0 Å². The summed E-state index contributed by atoms with van der Waals surface area (Å²) in [6.07, 6.45) is 1.86. The zero-order valence-electron chi connectivity index (χ0n) is 10.1. The number of carbonyl (C=O) groups is 1. The Morgan fingerprint density at radius 3 is 3.12 bits per heavy atom. The summed E-state index contributed by atoms with van der Waals surface area (Å²) in [6, 6.07) is 2.00. The standard InChI is InChI=1S/C11H18N4O2/c1-12-10-7-17-6-9(10)11(16)13-5-8-3-4-15(2)14-8/h3-4,9-10,12H,5-7H2,1-2H3,(H,13,16). The largest absolute Gasteiger partial charge is 0.379 e. The SMILES string of the molecule is CNC1COCC1C(=O)NCc1ccn(C)n1. The molecule has 1 amide bonds. The third-order valence-electron chi connectivity index (χ3n) is 3.00. The van der Waals surface area contributed by atoms with E-state index in [9.17, 15) is 4.79 Å².